The molecule has 4 nitrogen and oxygen atoms in total. The van der Waals surface area contributed by atoms with E-state index < -0.39 is 5.54 Å². The van der Waals surface area contributed by atoms with E-state index in [4.69, 9.17) is 15.1 Å². The second-order valence-electron chi connectivity index (χ2n) is 3.48. The normalized spacial score (nSPS) is 34.1. The van der Waals surface area contributed by atoms with Crippen LogP contribution in [0.15, 0.2) is 0 Å². The molecule has 1 fully saturated rings. The molecule has 74 valence electrons. The van der Waals surface area contributed by atoms with Gasteiger partial charge in [0, 0.05) is 26.0 Å². The second kappa shape index (κ2) is 4.56. The van der Waals surface area contributed by atoms with Crippen molar-refractivity contribution in [3.05, 3.63) is 0 Å². The minimum Gasteiger partial charge on any atom is -0.395 e. The molecule has 13 heavy (non-hydrogen) atoms. The van der Waals surface area contributed by atoms with Crippen molar-refractivity contribution in [1.82, 2.24) is 5.32 Å². The lowest BCUT2D eigenvalue weighted by Crippen LogP contribution is -2.51. The third-order valence-electron chi connectivity index (χ3n) is 2.36. The van der Waals surface area contributed by atoms with Crippen molar-refractivity contribution in [2.45, 2.75) is 31.4 Å². The van der Waals surface area contributed by atoms with Crippen LogP contribution in [0, 0.1) is 11.3 Å². The molecule has 4 heteroatoms. The Balaban J connectivity index is 2.53. The van der Waals surface area contributed by atoms with E-state index in [0.717, 1.165) is 0 Å². The molecule has 2 N–H and O–H groups in total. The highest BCUT2D eigenvalue weighted by atomic mass is 16.5. The van der Waals surface area contributed by atoms with Crippen LogP contribution < -0.4 is 5.32 Å². The van der Waals surface area contributed by atoms with Crippen molar-refractivity contribution < 1.29 is 9.84 Å². The maximum absolute atomic E-state index is 9.04. The van der Waals surface area contributed by atoms with E-state index in [1.54, 1.807) is 0 Å². The zero-order valence-corrected chi connectivity index (χ0v) is 7.92. The highest BCUT2D eigenvalue weighted by molar-refractivity contribution is 5.09. The summed E-state index contributed by atoms with van der Waals surface area (Å²) in [5.74, 6) is 0. The molecule has 2 atom stereocenters. The van der Waals surface area contributed by atoms with Gasteiger partial charge in [-0.25, -0.2) is 0 Å². The monoisotopic (exact) mass is 184 g/mol. The molecular formula is C9H16N2O2. The molecule has 1 aliphatic rings. The number of rotatable bonds is 3. The lowest BCUT2D eigenvalue weighted by Gasteiger charge is -2.35. The maximum atomic E-state index is 9.04. The molecular weight excluding hydrogens is 168 g/mol. The number of nitrogens with zero attached hydrogens (tertiary/aromatic N) is 1. The molecule has 1 saturated heterocycles. The van der Waals surface area contributed by atoms with Gasteiger partial charge in [-0.1, -0.05) is 0 Å². The average Bonchev–Trinajstić information content (AvgIpc) is 2.15. The number of hydrogen-bond acceptors (Lipinski definition) is 4. The fraction of sp³-hybridized carbons (Fsp3) is 0.889. The van der Waals surface area contributed by atoms with Gasteiger partial charge in [0.2, 0.25) is 0 Å². The predicted octanol–water partition coefficient (Wildman–Crippen LogP) is 0.0296. The van der Waals surface area contributed by atoms with Crippen LogP contribution in [0.2, 0.25) is 0 Å². The Morgan fingerprint density at radius 1 is 1.77 bits per heavy atom. The average molecular weight is 184 g/mol. The van der Waals surface area contributed by atoms with Gasteiger partial charge in [-0.15, -0.1) is 0 Å². The highest BCUT2D eigenvalue weighted by Gasteiger charge is 2.34. The van der Waals surface area contributed by atoms with Crippen LogP contribution in [-0.4, -0.2) is 36.5 Å². The SMILES string of the molecule is CC1CC(C#N)(NCCO)CCO1. The molecule has 1 heterocycles. The van der Waals surface area contributed by atoms with Gasteiger partial charge >= 0.3 is 0 Å². The number of β-amino-alcohol motifs (C(OH)–C–C–N with tert-alkyl or cyclic N) is 1. The summed E-state index contributed by atoms with van der Waals surface area (Å²) in [6.07, 6.45) is 1.52. The van der Waals surface area contributed by atoms with Gasteiger partial charge < -0.3 is 9.84 Å². The Bertz CT molecular complexity index is 202. The first kappa shape index (κ1) is 10.5. The van der Waals surface area contributed by atoms with Crippen LogP contribution in [0.4, 0.5) is 0 Å². The lowest BCUT2D eigenvalue weighted by molar-refractivity contribution is -0.00398. The van der Waals surface area contributed by atoms with Gasteiger partial charge in [-0.05, 0) is 6.92 Å². The first-order valence-electron chi connectivity index (χ1n) is 4.61. The molecule has 0 aromatic heterocycles. The largest absolute Gasteiger partial charge is 0.395 e. The number of nitrogens with one attached hydrogen (secondary N) is 1. The third kappa shape index (κ3) is 2.66. The van der Waals surface area contributed by atoms with Crippen LogP contribution in [-0.2, 0) is 4.74 Å². The number of nitriles is 1. The summed E-state index contributed by atoms with van der Waals surface area (Å²) < 4.78 is 5.36. The number of ether oxygens (including phenoxy) is 1. The standard InChI is InChI=1S/C9H16N2O2/c1-8-6-9(7-10,2-5-13-8)11-3-4-12/h8,11-12H,2-6H2,1H3. The lowest BCUT2D eigenvalue weighted by atomic mass is 9.88. The molecule has 2 unspecified atom stereocenters. The van der Waals surface area contributed by atoms with Gasteiger partial charge in [0.15, 0.2) is 0 Å². The van der Waals surface area contributed by atoms with Gasteiger partial charge in [-0.2, -0.15) is 5.26 Å². The summed E-state index contributed by atoms with van der Waals surface area (Å²) in [7, 11) is 0. The minimum absolute atomic E-state index is 0.0681. The van der Waals surface area contributed by atoms with Crippen molar-refractivity contribution in [3.8, 4) is 6.07 Å². The fourth-order valence-corrected chi connectivity index (χ4v) is 1.68. The third-order valence-corrected chi connectivity index (χ3v) is 2.36. The Kier molecular flexibility index (Phi) is 3.67. The van der Waals surface area contributed by atoms with Crippen molar-refractivity contribution in [2.24, 2.45) is 0 Å². The summed E-state index contributed by atoms with van der Waals surface area (Å²) in [6.45, 7) is 3.12. The summed E-state index contributed by atoms with van der Waals surface area (Å²) >= 11 is 0. The van der Waals surface area contributed by atoms with Crippen LogP contribution in [0.25, 0.3) is 0 Å². The van der Waals surface area contributed by atoms with E-state index in [1.807, 2.05) is 6.92 Å². The van der Waals surface area contributed by atoms with E-state index in [9.17, 15) is 0 Å². The molecule has 1 aliphatic heterocycles. The Morgan fingerprint density at radius 2 is 2.54 bits per heavy atom. The molecule has 0 aliphatic carbocycles. The summed E-state index contributed by atoms with van der Waals surface area (Å²) in [5, 5.41) is 20.8. The van der Waals surface area contributed by atoms with E-state index >= 15 is 0 Å². The van der Waals surface area contributed by atoms with Crippen molar-refractivity contribution in [1.29, 1.82) is 5.26 Å². The maximum Gasteiger partial charge on any atom is 0.111 e. The van der Waals surface area contributed by atoms with Crippen LogP contribution in [0.5, 0.6) is 0 Å². The fourth-order valence-electron chi connectivity index (χ4n) is 1.68. The smallest absolute Gasteiger partial charge is 0.111 e. The van der Waals surface area contributed by atoms with Crippen molar-refractivity contribution >= 4 is 0 Å². The first-order valence-corrected chi connectivity index (χ1v) is 4.61. The van der Waals surface area contributed by atoms with Crippen LogP contribution in [0.1, 0.15) is 19.8 Å². The topological polar surface area (TPSA) is 65.3 Å². The van der Waals surface area contributed by atoms with Gasteiger partial charge in [0.25, 0.3) is 0 Å². The zero-order chi connectivity index (χ0) is 9.73. The second-order valence-corrected chi connectivity index (χ2v) is 3.48. The predicted molar refractivity (Wildman–Crippen MR) is 48.1 cm³/mol. The van der Waals surface area contributed by atoms with Crippen LogP contribution >= 0.6 is 0 Å². The summed E-state index contributed by atoms with van der Waals surface area (Å²) in [4.78, 5) is 0. The quantitative estimate of drug-likeness (QED) is 0.649. The van der Waals surface area contributed by atoms with E-state index in [0.29, 0.717) is 26.0 Å². The minimum atomic E-state index is -0.486. The molecule has 0 aromatic rings. The molecule has 0 aromatic carbocycles. The molecule has 1 rings (SSSR count). The van der Waals surface area contributed by atoms with Crippen molar-refractivity contribution in [2.75, 3.05) is 19.8 Å². The molecule has 0 bridgehead atoms. The molecule has 0 saturated carbocycles. The Morgan fingerprint density at radius 3 is 3.08 bits per heavy atom. The number of hydrogen-bond donors (Lipinski definition) is 2. The van der Waals surface area contributed by atoms with E-state index in [1.165, 1.54) is 0 Å². The van der Waals surface area contributed by atoms with Crippen LogP contribution in [0.3, 0.4) is 0 Å². The first-order chi connectivity index (χ1) is 6.22. The Hall–Kier alpha value is -0.630. The number of aliphatic hydroxyl groups excluding tert-OH is 1. The zero-order valence-electron chi connectivity index (χ0n) is 7.92. The van der Waals surface area contributed by atoms with Crippen molar-refractivity contribution in [3.63, 3.8) is 0 Å². The molecule has 0 radical (unpaired) electrons. The van der Waals surface area contributed by atoms with Gasteiger partial charge in [0.1, 0.15) is 5.54 Å². The van der Waals surface area contributed by atoms with E-state index in [-0.39, 0.29) is 12.7 Å². The van der Waals surface area contributed by atoms with Gasteiger partial charge in [-0.3, -0.25) is 5.32 Å². The summed E-state index contributed by atoms with van der Waals surface area (Å²) in [6, 6.07) is 2.28. The molecule has 0 amide bonds. The van der Waals surface area contributed by atoms with Gasteiger partial charge in [0.05, 0.1) is 18.8 Å². The summed E-state index contributed by atoms with van der Waals surface area (Å²) in [5.41, 5.74) is -0.486. The van der Waals surface area contributed by atoms with E-state index in [2.05, 4.69) is 11.4 Å². The highest BCUT2D eigenvalue weighted by Crippen LogP contribution is 2.23. The molecule has 0 spiro atoms. The Labute approximate surface area is 78.5 Å². The number of aliphatic hydroxyl groups is 1.